The van der Waals surface area contributed by atoms with E-state index in [4.69, 9.17) is 5.73 Å². The van der Waals surface area contributed by atoms with Crippen LogP contribution in [0.15, 0.2) is 0 Å². The first kappa shape index (κ1) is 8.06. The Balaban J connectivity index is 2.38. The van der Waals surface area contributed by atoms with Crippen molar-refractivity contribution in [2.45, 2.75) is 33.1 Å². The summed E-state index contributed by atoms with van der Waals surface area (Å²) in [5.41, 5.74) is 5.61. The number of nitrogens with two attached hydrogens (primary N) is 1. The minimum Gasteiger partial charge on any atom is -0.330 e. The Bertz CT molecular complexity index is 101. The van der Waals surface area contributed by atoms with Gasteiger partial charge in [0.1, 0.15) is 0 Å². The molecule has 0 aromatic heterocycles. The Morgan fingerprint density at radius 3 is 2.60 bits per heavy atom. The van der Waals surface area contributed by atoms with E-state index in [9.17, 15) is 0 Å². The molecule has 1 heteroatoms. The minimum atomic E-state index is 0.748. The lowest BCUT2D eigenvalue weighted by Gasteiger charge is -2.21. The summed E-state index contributed by atoms with van der Waals surface area (Å²) < 4.78 is 0. The average molecular weight is 141 g/mol. The van der Waals surface area contributed by atoms with Crippen LogP contribution in [0.5, 0.6) is 0 Å². The van der Waals surface area contributed by atoms with Gasteiger partial charge in [0.15, 0.2) is 0 Å². The molecular formula is C9H19N. The molecule has 2 N–H and O–H groups in total. The average Bonchev–Trinajstić information content (AvgIpc) is 2.34. The van der Waals surface area contributed by atoms with Crippen LogP contribution in [0, 0.1) is 17.8 Å². The van der Waals surface area contributed by atoms with Gasteiger partial charge in [-0.25, -0.2) is 0 Å². The molecule has 10 heavy (non-hydrogen) atoms. The zero-order valence-electron chi connectivity index (χ0n) is 7.14. The topological polar surface area (TPSA) is 26.0 Å². The fourth-order valence-electron chi connectivity index (χ4n) is 2.19. The van der Waals surface area contributed by atoms with Gasteiger partial charge < -0.3 is 5.73 Å². The van der Waals surface area contributed by atoms with Crippen LogP contribution in [0.1, 0.15) is 33.1 Å². The van der Waals surface area contributed by atoms with E-state index in [0.29, 0.717) is 0 Å². The molecule has 0 bridgehead atoms. The summed E-state index contributed by atoms with van der Waals surface area (Å²) in [5.74, 6) is 2.60. The molecule has 3 atom stereocenters. The molecule has 0 radical (unpaired) electrons. The lowest BCUT2D eigenvalue weighted by molar-refractivity contribution is 0.301. The van der Waals surface area contributed by atoms with E-state index in [2.05, 4.69) is 13.8 Å². The fourth-order valence-corrected chi connectivity index (χ4v) is 2.19. The third kappa shape index (κ3) is 1.51. The van der Waals surface area contributed by atoms with E-state index in [1.54, 1.807) is 0 Å². The fraction of sp³-hybridized carbons (Fsp3) is 1.00. The van der Waals surface area contributed by atoms with Crippen LogP contribution < -0.4 is 5.73 Å². The van der Waals surface area contributed by atoms with E-state index < -0.39 is 0 Å². The lowest BCUT2D eigenvalue weighted by Crippen LogP contribution is -2.22. The van der Waals surface area contributed by atoms with Crippen molar-refractivity contribution in [2.24, 2.45) is 23.5 Å². The molecule has 0 aromatic carbocycles. The summed E-state index contributed by atoms with van der Waals surface area (Å²) in [6, 6.07) is 0. The van der Waals surface area contributed by atoms with Gasteiger partial charge in [0.25, 0.3) is 0 Å². The highest BCUT2D eigenvalue weighted by molar-refractivity contribution is 4.78. The van der Waals surface area contributed by atoms with Gasteiger partial charge >= 0.3 is 0 Å². The van der Waals surface area contributed by atoms with Crippen molar-refractivity contribution in [3.05, 3.63) is 0 Å². The number of rotatable bonds is 2. The monoisotopic (exact) mass is 141 g/mol. The van der Waals surface area contributed by atoms with E-state index in [1.165, 1.54) is 19.3 Å². The summed E-state index contributed by atoms with van der Waals surface area (Å²) in [7, 11) is 0. The predicted molar refractivity (Wildman–Crippen MR) is 44.7 cm³/mol. The molecule has 2 unspecified atom stereocenters. The molecule has 1 rings (SSSR count). The third-order valence-electron chi connectivity index (χ3n) is 3.03. The number of hydrogen-bond donors (Lipinski definition) is 1. The molecule has 0 heterocycles. The Morgan fingerprint density at radius 2 is 2.20 bits per heavy atom. The summed E-state index contributed by atoms with van der Waals surface area (Å²) in [6.45, 7) is 5.52. The third-order valence-corrected chi connectivity index (χ3v) is 3.03. The van der Waals surface area contributed by atoms with Gasteiger partial charge in [-0.2, -0.15) is 0 Å². The molecule has 0 aliphatic heterocycles. The molecule has 0 spiro atoms. The van der Waals surface area contributed by atoms with Crippen LogP contribution in [0.4, 0.5) is 0 Å². The van der Waals surface area contributed by atoms with Gasteiger partial charge in [0.2, 0.25) is 0 Å². The standard InChI is InChI=1S/C9H19N/c1-7-4-3-5-9(7)8(2)6-10/h7-9H,3-6,10H2,1-2H3/t7?,8-,9?/m1/s1. The highest BCUT2D eigenvalue weighted by Crippen LogP contribution is 2.35. The van der Waals surface area contributed by atoms with Gasteiger partial charge in [-0.15, -0.1) is 0 Å². The maximum atomic E-state index is 5.61. The maximum absolute atomic E-state index is 5.61. The molecule has 1 nitrogen and oxygen atoms in total. The normalized spacial score (nSPS) is 36.3. The Labute approximate surface area is 64.0 Å². The predicted octanol–water partition coefficient (Wildman–Crippen LogP) is 2.02. The summed E-state index contributed by atoms with van der Waals surface area (Å²) in [6.07, 6.45) is 4.27. The van der Waals surface area contributed by atoms with Crippen molar-refractivity contribution in [1.82, 2.24) is 0 Å². The molecule has 60 valence electrons. The van der Waals surface area contributed by atoms with Crippen LogP contribution >= 0.6 is 0 Å². The molecule has 1 aliphatic carbocycles. The number of hydrogen-bond acceptors (Lipinski definition) is 1. The second-order valence-electron chi connectivity index (χ2n) is 3.79. The van der Waals surface area contributed by atoms with Crippen LogP contribution in [0.25, 0.3) is 0 Å². The lowest BCUT2D eigenvalue weighted by atomic mass is 9.86. The molecular weight excluding hydrogens is 122 g/mol. The molecule has 1 aliphatic rings. The van der Waals surface area contributed by atoms with Crippen molar-refractivity contribution in [3.63, 3.8) is 0 Å². The first-order valence-electron chi connectivity index (χ1n) is 4.45. The second kappa shape index (κ2) is 3.38. The molecule has 0 aromatic rings. The quantitative estimate of drug-likeness (QED) is 0.625. The molecule has 0 amide bonds. The maximum Gasteiger partial charge on any atom is -0.00488 e. The zero-order valence-corrected chi connectivity index (χ0v) is 7.14. The summed E-state index contributed by atoms with van der Waals surface area (Å²) in [4.78, 5) is 0. The van der Waals surface area contributed by atoms with Crippen molar-refractivity contribution in [2.75, 3.05) is 6.54 Å². The van der Waals surface area contributed by atoms with E-state index in [-0.39, 0.29) is 0 Å². The van der Waals surface area contributed by atoms with Crippen LogP contribution in [0.3, 0.4) is 0 Å². The second-order valence-corrected chi connectivity index (χ2v) is 3.79. The summed E-state index contributed by atoms with van der Waals surface area (Å²) in [5, 5.41) is 0. The first-order valence-corrected chi connectivity index (χ1v) is 4.45. The van der Waals surface area contributed by atoms with Gasteiger partial charge in [-0.05, 0) is 30.7 Å². The van der Waals surface area contributed by atoms with E-state index in [0.717, 1.165) is 24.3 Å². The molecule has 1 saturated carbocycles. The van der Waals surface area contributed by atoms with Crippen molar-refractivity contribution >= 4 is 0 Å². The van der Waals surface area contributed by atoms with Crippen LogP contribution in [-0.2, 0) is 0 Å². The highest BCUT2D eigenvalue weighted by Gasteiger charge is 2.26. The zero-order chi connectivity index (χ0) is 7.56. The van der Waals surface area contributed by atoms with Gasteiger partial charge in [0, 0.05) is 0 Å². The Hall–Kier alpha value is -0.0400. The molecule has 1 fully saturated rings. The largest absolute Gasteiger partial charge is 0.330 e. The van der Waals surface area contributed by atoms with Crippen molar-refractivity contribution < 1.29 is 0 Å². The first-order chi connectivity index (χ1) is 4.75. The Kier molecular flexibility index (Phi) is 2.72. The highest BCUT2D eigenvalue weighted by atomic mass is 14.6. The van der Waals surface area contributed by atoms with Crippen molar-refractivity contribution in [1.29, 1.82) is 0 Å². The van der Waals surface area contributed by atoms with Crippen LogP contribution in [-0.4, -0.2) is 6.54 Å². The minimum absolute atomic E-state index is 0.748. The van der Waals surface area contributed by atoms with Crippen molar-refractivity contribution in [3.8, 4) is 0 Å². The van der Waals surface area contributed by atoms with Gasteiger partial charge in [0.05, 0.1) is 0 Å². The van der Waals surface area contributed by atoms with Gasteiger partial charge in [-0.1, -0.05) is 26.7 Å². The smallest absolute Gasteiger partial charge is 0.00488 e. The van der Waals surface area contributed by atoms with Crippen LogP contribution in [0.2, 0.25) is 0 Å². The Morgan fingerprint density at radius 1 is 1.50 bits per heavy atom. The molecule has 0 saturated heterocycles. The summed E-state index contributed by atoms with van der Waals surface area (Å²) >= 11 is 0. The SMILES string of the molecule is CC1CCCC1[C@H](C)CN. The van der Waals surface area contributed by atoms with E-state index in [1.807, 2.05) is 0 Å². The van der Waals surface area contributed by atoms with E-state index >= 15 is 0 Å². The van der Waals surface area contributed by atoms with Gasteiger partial charge in [-0.3, -0.25) is 0 Å².